The minimum Gasteiger partial charge on any atom is -0.489 e. The van der Waals surface area contributed by atoms with Gasteiger partial charge < -0.3 is 14.0 Å². The van der Waals surface area contributed by atoms with Crippen LogP contribution in [0.25, 0.3) is 0 Å². The summed E-state index contributed by atoms with van der Waals surface area (Å²) in [5, 5.41) is 9.40. The van der Waals surface area contributed by atoms with Gasteiger partial charge in [0.05, 0.1) is 29.2 Å². The van der Waals surface area contributed by atoms with E-state index in [0.29, 0.717) is 23.1 Å². The molecule has 3 aromatic rings. The molecule has 1 fully saturated rings. The maximum atomic E-state index is 12.7. The first kappa shape index (κ1) is 22.4. The van der Waals surface area contributed by atoms with E-state index in [1.807, 2.05) is 25.3 Å². The Morgan fingerprint density at radius 2 is 2.06 bits per heavy atom. The van der Waals surface area contributed by atoms with E-state index in [9.17, 15) is 4.79 Å². The highest BCUT2D eigenvalue weighted by atomic mass is 32.1. The molecule has 0 unspecified atom stereocenters. The number of morpholine rings is 1. The lowest BCUT2D eigenvalue weighted by molar-refractivity contribution is -0.0707. The van der Waals surface area contributed by atoms with Gasteiger partial charge in [0.1, 0.15) is 18.1 Å². The van der Waals surface area contributed by atoms with Crippen molar-refractivity contribution in [2.75, 3.05) is 18.4 Å². The van der Waals surface area contributed by atoms with E-state index in [1.54, 1.807) is 18.2 Å². The molecule has 1 aliphatic rings. The van der Waals surface area contributed by atoms with Crippen molar-refractivity contribution in [2.45, 2.75) is 53.1 Å². The highest BCUT2D eigenvalue weighted by molar-refractivity contribution is 7.14. The van der Waals surface area contributed by atoms with E-state index < -0.39 is 0 Å². The number of nitrogens with zero attached hydrogens (tertiary/aromatic N) is 3. The largest absolute Gasteiger partial charge is 0.489 e. The third-order valence-corrected chi connectivity index (χ3v) is 6.12. The Hall–Kier alpha value is -2.75. The van der Waals surface area contributed by atoms with E-state index in [0.717, 1.165) is 42.3 Å². The molecule has 1 amide bonds. The molecule has 2 aromatic heterocycles. The number of carbonyl (C=O) groups is 1. The summed E-state index contributed by atoms with van der Waals surface area (Å²) in [4.78, 5) is 19.7. The summed E-state index contributed by atoms with van der Waals surface area (Å²) >= 11 is 1.43. The molecule has 32 heavy (non-hydrogen) atoms. The number of hydrogen-bond acceptors (Lipinski definition) is 8. The van der Waals surface area contributed by atoms with Crippen LogP contribution in [0.4, 0.5) is 5.13 Å². The minimum atomic E-state index is -0.220. The molecule has 1 aliphatic heterocycles. The zero-order valence-corrected chi connectivity index (χ0v) is 19.6. The van der Waals surface area contributed by atoms with Crippen LogP contribution in [0.3, 0.4) is 0 Å². The summed E-state index contributed by atoms with van der Waals surface area (Å²) in [6, 6.07) is 7.09. The lowest BCUT2D eigenvalue weighted by Crippen LogP contribution is -2.44. The fraction of sp³-hybridized carbons (Fsp3) is 0.435. The maximum absolute atomic E-state index is 12.7. The normalized spacial score (nSPS) is 19.1. The molecule has 0 spiro atoms. The van der Waals surface area contributed by atoms with E-state index in [-0.39, 0.29) is 18.1 Å². The zero-order valence-electron chi connectivity index (χ0n) is 18.8. The maximum Gasteiger partial charge on any atom is 0.257 e. The van der Waals surface area contributed by atoms with Gasteiger partial charge in [-0.2, -0.15) is 0 Å². The Bertz CT molecular complexity index is 1050. The van der Waals surface area contributed by atoms with Crippen molar-refractivity contribution in [1.82, 2.24) is 15.0 Å². The quantitative estimate of drug-likeness (QED) is 0.570. The van der Waals surface area contributed by atoms with Crippen LogP contribution in [-0.2, 0) is 17.9 Å². The first-order valence-electron chi connectivity index (χ1n) is 10.7. The number of benzene rings is 1. The number of aryl methyl sites for hydroxylation is 2. The molecule has 3 heterocycles. The van der Waals surface area contributed by atoms with E-state index in [2.05, 4.69) is 34.2 Å². The van der Waals surface area contributed by atoms with Gasteiger partial charge in [0, 0.05) is 30.6 Å². The molecular weight excluding hydrogens is 428 g/mol. The van der Waals surface area contributed by atoms with Gasteiger partial charge in [-0.15, -0.1) is 11.3 Å². The standard InChI is InChI=1S/C23H28N4O4S/c1-14-9-27(10-15(2)30-14)11-19-13-32-23(24-19)25-22(28)18-6-5-7-20(8-18)29-12-21-16(3)26-31-17(21)4/h5-8,13-15H,9-12H2,1-4H3,(H,24,25,28)/t14-,15-/m1/s1. The number of ether oxygens (including phenoxy) is 2. The number of thiazole rings is 1. The zero-order chi connectivity index (χ0) is 22.7. The Morgan fingerprint density at radius 3 is 2.78 bits per heavy atom. The van der Waals surface area contributed by atoms with Crippen LogP contribution in [0.15, 0.2) is 34.2 Å². The molecule has 1 N–H and O–H groups in total. The molecule has 4 rings (SSSR count). The first-order chi connectivity index (χ1) is 15.4. The summed E-state index contributed by atoms with van der Waals surface area (Å²) in [6.07, 6.45) is 0.423. The smallest absolute Gasteiger partial charge is 0.257 e. The van der Waals surface area contributed by atoms with Gasteiger partial charge in [-0.3, -0.25) is 15.0 Å². The number of hydrogen-bond donors (Lipinski definition) is 1. The second-order valence-electron chi connectivity index (χ2n) is 8.17. The van der Waals surface area contributed by atoms with Crippen molar-refractivity contribution in [3.05, 3.63) is 57.9 Å². The fourth-order valence-corrected chi connectivity index (χ4v) is 4.54. The number of anilines is 1. The van der Waals surface area contributed by atoms with Crippen molar-refractivity contribution in [3.63, 3.8) is 0 Å². The molecule has 0 radical (unpaired) electrons. The molecule has 0 aliphatic carbocycles. The molecule has 1 saturated heterocycles. The van der Waals surface area contributed by atoms with Crippen LogP contribution in [0, 0.1) is 13.8 Å². The van der Waals surface area contributed by atoms with Crippen LogP contribution in [-0.4, -0.2) is 46.2 Å². The van der Waals surface area contributed by atoms with Gasteiger partial charge >= 0.3 is 0 Å². The summed E-state index contributed by atoms with van der Waals surface area (Å²) in [5.74, 6) is 1.12. The van der Waals surface area contributed by atoms with E-state index >= 15 is 0 Å². The summed E-state index contributed by atoms with van der Waals surface area (Å²) in [7, 11) is 0. The van der Waals surface area contributed by atoms with Gasteiger partial charge in [-0.25, -0.2) is 4.98 Å². The number of nitrogens with one attached hydrogen (secondary N) is 1. The van der Waals surface area contributed by atoms with E-state index in [1.165, 1.54) is 11.3 Å². The third kappa shape index (κ3) is 5.53. The Kier molecular flexibility index (Phi) is 6.88. The molecule has 2 atom stereocenters. The minimum absolute atomic E-state index is 0.212. The number of carbonyl (C=O) groups excluding carboxylic acids is 1. The van der Waals surface area contributed by atoms with Gasteiger partial charge in [-0.05, 0) is 45.9 Å². The molecule has 0 bridgehead atoms. The second-order valence-corrected chi connectivity index (χ2v) is 9.03. The Balaban J connectivity index is 1.34. The first-order valence-corrected chi connectivity index (χ1v) is 11.5. The predicted octanol–water partition coefficient (Wildman–Crippen LogP) is 4.19. The lowest BCUT2D eigenvalue weighted by Gasteiger charge is -2.34. The van der Waals surface area contributed by atoms with Gasteiger partial charge in [-0.1, -0.05) is 11.2 Å². The van der Waals surface area contributed by atoms with Crippen LogP contribution >= 0.6 is 11.3 Å². The molecule has 170 valence electrons. The van der Waals surface area contributed by atoms with Crippen LogP contribution in [0.5, 0.6) is 5.75 Å². The SMILES string of the molecule is Cc1noc(C)c1COc1cccc(C(=O)Nc2nc(CN3C[C@@H](C)O[C@H](C)C3)cs2)c1. The van der Waals surface area contributed by atoms with Crippen LogP contribution in [0.2, 0.25) is 0 Å². The predicted molar refractivity (Wildman–Crippen MR) is 122 cm³/mol. The number of amides is 1. The van der Waals surface area contributed by atoms with Crippen molar-refractivity contribution in [3.8, 4) is 5.75 Å². The molecule has 9 heteroatoms. The molecule has 8 nitrogen and oxygen atoms in total. The molecule has 0 saturated carbocycles. The average molecular weight is 457 g/mol. The fourth-order valence-electron chi connectivity index (χ4n) is 3.84. The van der Waals surface area contributed by atoms with Crippen molar-refractivity contribution < 1.29 is 18.8 Å². The monoisotopic (exact) mass is 456 g/mol. The van der Waals surface area contributed by atoms with Crippen molar-refractivity contribution in [1.29, 1.82) is 0 Å². The van der Waals surface area contributed by atoms with Gasteiger partial charge in [0.2, 0.25) is 0 Å². The summed E-state index contributed by atoms with van der Waals surface area (Å²) < 4.78 is 16.8. The van der Waals surface area contributed by atoms with E-state index in [4.69, 9.17) is 14.0 Å². The second kappa shape index (κ2) is 9.81. The summed E-state index contributed by atoms with van der Waals surface area (Å²) in [5.41, 5.74) is 3.17. The van der Waals surface area contributed by atoms with Crippen LogP contribution in [0.1, 0.15) is 46.9 Å². The van der Waals surface area contributed by atoms with Crippen LogP contribution < -0.4 is 10.1 Å². The number of aromatic nitrogens is 2. The Morgan fingerprint density at radius 1 is 1.28 bits per heavy atom. The summed E-state index contributed by atoms with van der Waals surface area (Å²) in [6.45, 7) is 10.7. The highest BCUT2D eigenvalue weighted by Gasteiger charge is 2.23. The van der Waals surface area contributed by atoms with Crippen molar-refractivity contribution >= 4 is 22.4 Å². The van der Waals surface area contributed by atoms with Gasteiger partial charge in [0.15, 0.2) is 5.13 Å². The highest BCUT2D eigenvalue weighted by Crippen LogP contribution is 2.22. The number of rotatable bonds is 7. The van der Waals surface area contributed by atoms with Crippen molar-refractivity contribution in [2.24, 2.45) is 0 Å². The topological polar surface area (TPSA) is 89.7 Å². The Labute approximate surface area is 191 Å². The third-order valence-electron chi connectivity index (χ3n) is 5.31. The van der Waals surface area contributed by atoms with Gasteiger partial charge in [0.25, 0.3) is 5.91 Å². The molecular formula is C23H28N4O4S. The molecule has 1 aromatic carbocycles. The average Bonchev–Trinajstić information content (AvgIpc) is 3.31. The lowest BCUT2D eigenvalue weighted by atomic mass is 10.2.